The van der Waals surface area contributed by atoms with Gasteiger partial charge in [0.1, 0.15) is 0 Å². The molecule has 0 heterocycles. The second-order valence-corrected chi connectivity index (χ2v) is 4.98. The molecule has 1 rings (SSSR count). The molecule has 84 valence electrons. The summed E-state index contributed by atoms with van der Waals surface area (Å²) in [5.41, 5.74) is 2.25. The van der Waals surface area contributed by atoms with E-state index >= 15 is 0 Å². The van der Waals surface area contributed by atoms with Crippen LogP contribution in [0.2, 0.25) is 5.02 Å². The minimum Gasteiger partial charge on any atom is -0.385 e. The number of halogens is 1. The zero-order valence-electron chi connectivity index (χ0n) is 9.35. The van der Waals surface area contributed by atoms with Crippen LogP contribution in [0.3, 0.4) is 0 Å². The van der Waals surface area contributed by atoms with Crippen LogP contribution >= 0.6 is 23.4 Å². The number of hydrogen-bond acceptors (Lipinski definition) is 2. The van der Waals surface area contributed by atoms with Gasteiger partial charge in [-0.25, -0.2) is 0 Å². The Bertz CT molecular complexity index is 302. The second kappa shape index (κ2) is 7.02. The first-order chi connectivity index (χ1) is 7.24. The quantitative estimate of drug-likeness (QED) is 0.752. The van der Waals surface area contributed by atoms with Crippen molar-refractivity contribution in [2.45, 2.75) is 19.8 Å². The van der Waals surface area contributed by atoms with Crippen LogP contribution in [-0.4, -0.2) is 18.6 Å². The predicted octanol–water partition coefficient (Wildman–Crippen LogP) is 4.20. The Morgan fingerprint density at radius 1 is 1.33 bits per heavy atom. The molecule has 0 aliphatic heterocycles. The summed E-state index contributed by atoms with van der Waals surface area (Å²) in [6, 6.07) is 6.12. The van der Waals surface area contributed by atoms with Crippen molar-refractivity contribution < 1.29 is 0 Å². The Morgan fingerprint density at radius 2 is 2.13 bits per heavy atom. The fourth-order valence-corrected chi connectivity index (χ4v) is 1.98. The molecule has 0 amide bonds. The van der Waals surface area contributed by atoms with Gasteiger partial charge in [0.25, 0.3) is 0 Å². The number of rotatable bonds is 6. The molecule has 1 aromatic carbocycles. The summed E-state index contributed by atoms with van der Waals surface area (Å²) >= 11 is 7.94. The number of unbranched alkanes of at least 4 members (excludes halogenated alkanes) is 1. The molecule has 0 aliphatic carbocycles. The summed E-state index contributed by atoms with van der Waals surface area (Å²) in [4.78, 5) is 0. The molecule has 0 saturated carbocycles. The van der Waals surface area contributed by atoms with Crippen molar-refractivity contribution in [1.82, 2.24) is 0 Å². The molecular weight excluding hydrogens is 226 g/mol. The molecule has 0 bridgehead atoms. The summed E-state index contributed by atoms with van der Waals surface area (Å²) in [6.45, 7) is 3.05. The largest absolute Gasteiger partial charge is 0.385 e. The minimum atomic E-state index is 0.837. The van der Waals surface area contributed by atoms with Crippen molar-refractivity contribution >= 4 is 29.1 Å². The third-order valence-electron chi connectivity index (χ3n) is 2.28. The van der Waals surface area contributed by atoms with Crippen molar-refractivity contribution in [3.63, 3.8) is 0 Å². The van der Waals surface area contributed by atoms with E-state index in [1.165, 1.54) is 18.6 Å². The molecule has 0 aromatic heterocycles. The molecule has 1 nitrogen and oxygen atoms in total. The molecular formula is C12H18ClNS. The van der Waals surface area contributed by atoms with E-state index in [-0.39, 0.29) is 0 Å². The van der Waals surface area contributed by atoms with E-state index in [0.29, 0.717) is 0 Å². The van der Waals surface area contributed by atoms with E-state index in [4.69, 9.17) is 11.6 Å². The molecule has 0 atom stereocenters. The number of aryl methyl sites for hydroxylation is 1. The standard InChI is InChI=1S/C12H18ClNS/c1-10-5-6-11(9-12(10)13)14-7-3-4-8-15-2/h5-6,9,14H,3-4,7-8H2,1-2H3. The van der Waals surface area contributed by atoms with Gasteiger partial charge in [-0.3, -0.25) is 0 Å². The van der Waals surface area contributed by atoms with E-state index in [1.807, 2.05) is 30.8 Å². The zero-order valence-corrected chi connectivity index (χ0v) is 10.9. The highest BCUT2D eigenvalue weighted by Crippen LogP contribution is 2.19. The van der Waals surface area contributed by atoms with E-state index < -0.39 is 0 Å². The summed E-state index contributed by atoms with van der Waals surface area (Å²) in [6.07, 6.45) is 4.63. The lowest BCUT2D eigenvalue weighted by Gasteiger charge is -2.07. The van der Waals surface area contributed by atoms with Crippen LogP contribution < -0.4 is 5.32 Å². The first kappa shape index (κ1) is 12.7. The van der Waals surface area contributed by atoms with Crippen LogP contribution in [0, 0.1) is 6.92 Å². The Kier molecular flexibility index (Phi) is 5.96. The first-order valence-electron chi connectivity index (χ1n) is 5.23. The third-order valence-corrected chi connectivity index (χ3v) is 3.38. The van der Waals surface area contributed by atoms with Gasteiger partial charge < -0.3 is 5.32 Å². The molecule has 1 N–H and O–H groups in total. The highest BCUT2D eigenvalue weighted by molar-refractivity contribution is 7.98. The first-order valence-corrected chi connectivity index (χ1v) is 7.00. The highest BCUT2D eigenvalue weighted by atomic mass is 35.5. The van der Waals surface area contributed by atoms with Gasteiger partial charge in [0, 0.05) is 17.3 Å². The van der Waals surface area contributed by atoms with E-state index in [0.717, 1.165) is 22.8 Å². The number of thioether (sulfide) groups is 1. The van der Waals surface area contributed by atoms with Crippen LogP contribution in [0.4, 0.5) is 5.69 Å². The molecule has 1 aromatic rings. The fraction of sp³-hybridized carbons (Fsp3) is 0.500. The molecule has 0 radical (unpaired) electrons. The lowest BCUT2D eigenvalue weighted by atomic mass is 10.2. The Hall–Kier alpha value is -0.340. The van der Waals surface area contributed by atoms with E-state index in [9.17, 15) is 0 Å². The normalized spacial score (nSPS) is 10.3. The Labute approximate surface area is 102 Å². The average molecular weight is 244 g/mol. The van der Waals surface area contributed by atoms with Crippen molar-refractivity contribution in [1.29, 1.82) is 0 Å². The SMILES string of the molecule is CSCCCCNc1ccc(C)c(Cl)c1. The lowest BCUT2D eigenvalue weighted by molar-refractivity contribution is 0.843. The maximum atomic E-state index is 6.03. The topological polar surface area (TPSA) is 12.0 Å². The molecule has 3 heteroatoms. The van der Waals surface area contributed by atoms with Gasteiger partial charge >= 0.3 is 0 Å². The van der Waals surface area contributed by atoms with Crippen molar-refractivity contribution in [2.24, 2.45) is 0 Å². The third kappa shape index (κ3) is 4.80. The number of hydrogen-bond donors (Lipinski definition) is 1. The summed E-state index contributed by atoms with van der Waals surface area (Å²) < 4.78 is 0. The van der Waals surface area contributed by atoms with Gasteiger partial charge in [-0.05, 0) is 49.5 Å². The molecule has 0 saturated heterocycles. The van der Waals surface area contributed by atoms with Crippen molar-refractivity contribution in [3.8, 4) is 0 Å². The van der Waals surface area contributed by atoms with Gasteiger partial charge in [-0.1, -0.05) is 17.7 Å². The Balaban J connectivity index is 2.28. The van der Waals surface area contributed by atoms with Gasteiger partial charge in [-0.15, -0.1) is 0 Å². The second-order valence-electron chi connectivity index (χ2n) is 3.59. The monoisotopic (exact) mass is 243 g/mol. The van der Waals surface area contributed by atoms with Gasteiger partial charge in [0.15, 0.2) is 0 Å². The minimum absolute atomic E-state index is 0.837. The van der Waals surface area contributed by atoms with Crippen LogP contribution in [0.1, 0.15) is 18.4 Å². The highest BCUT2D eigenvalue weighted by Gasteiger charge is 1.96. The van der Waals surface area contributed by atoms with Crippen molar-refractivity contribution in [2.75, 3.05) is 23.9 Å². The van der Waals surface area contributed by atoms with Crippen LogP contribution in [0.15, 0.2) is 18.2 Å². The molecule has 0 aliphatic rings. The van der Waals surface area contributed by atoms with Gasteiger partial charge in [0.05, 0.1) is 0 Å². The fourth-order valence-electron chi connectivity index (χ4n) is 1.31. The maximum Gasteiger partial charge on any atom is 0.0455 e. The zero-order chi connectivity index (χ0) is 11.1. The van der Waals surface area contributed by atoms with Crippen LogP contribution in [-0.2, 0) is 0 Å². The maximum absolute atomic E-state index is 6.03. The average Bonchev–Trinajstić information content (AvgIpc) is 2.23. The molecule has 15 heavy (non-hydrogen) atoms. The molecule has 0 spiro atoms. The van der Waals surface area contributed by atoms with E-state index in [1.54, 1.807) is 0 Å². The Morgan fingerprint density at radius 3 is 2.80 bits per heavy atom. The number of benzene rings is 1. The summed E-state index contributed by atoms with van der Waals surface area (Å²) in [7, 11) is 0. The lowest BCUT2D eigenvalue weighted by Crippen LogP contribution is -2.01. The van der Waals surface area contributed by atoms with Crippen LogP contribution in [0.5, 0.6) is 0 Å². The summed E-state index contributed by atoms with van der Waals surface area (Å²) in [5.74, 6) is 1.25. The van der Waals surface area contributed by atoms with Crippen molar-refractivity contribution in [3.05, 3.63) is 28.8 Å². The predicted molar refractivity (Wildman–Crippen MR) is 72.3 cm³/mol. The number of nitrogens with one attached hydrogen (secondary N) is 1. The van der Waals surface area contributed by atoms with Gasteiger partial charge in [0.2, 0.25) is 0 Å². The number of anilines is 1. The molecule has 0 unspecified atom stereocenters. The smallest absolute Gasteiger partial charge is 0.0455 e. The summed E-state index contributed by atoms with van der Waals surface area (Å²) in [5, 5.41) is 4.22. The van der Waals surface area contributed by atoms with Gasteiger partial charge in [-0.2, -0.15) is 11.8 Å². The van der Waals surface area contributed by atoms with Crippen LogP contribution in [0.25, 0.3) is 0 Å². The molecule has 0 fully saturated rings. The van der Waals surface area contributed by atoms with E-state index in [2.05, 4.69) is 17.6 Å².